The summed E-state index contributed by atoms with van der Waals surface area (Å²) in [5.74, 6) is 0.0764. The number of alkyl halides is 1. The summed E-state index contributed by atoms with van der Waals surface area (Å²) in [5.41, 5.74) is 1.28. The van der Waals surface area contributed by atoms with E-state index >= 15 is 0 Å². The average molecular weight is 308 g/mol. The summed E-state index contributed by atoms with van der Waals surface area (Å²) in [7, 11) is 0. The van der Waals surface area contributed by atoms with Gasteiger partial charge < -0.3 is 0 Å². The molecule has 7 heteroatoms. The van der Waals surface area contributed by atoms with Crippen molar-refractivity contribution in [3.8, 4) is 11.3 Å². The number of nitro benzene ring substituents is 1. The van der Waals surface area contributed by atoms with E-state index in [-0.39, 0.29) is 17.1 Å². The normalized spacial score (nSPS) is 10.6. The summed E-state index contributed by atoms with van der Waals surface area (Å²) in [6.07, 6.45) is 0.757. The zero-order valence-electron chi connectivity index (χ0n) is 11.5. The Morgan fingerprint density at radius 1 is 1.38 bits per heavy atom. The third-order valence-electron chi connectivity index (χ3n) is 2.98. The van der Waals surface area contributed by atoms with E-state index in [0.29, 0.717) is 23.4 Å². The van der Waals surface area contributed by atoms with Gasteiger partial charge in [-0.05, 0) is 12.5 Å². The highest BCUT2D eigenvalue weighted by Gasteiger charge is 2.12. The summed E-state index contributed by atoms with van der Waals surface area (Å²) < 4.78 is 1.35. The molecule has 0 bridgehead atoms. The molecule has 0 N–H and O–H groups in total. The molecule has 0 amide bonds. The first kappa shape index (κ1) is 15.2. The SMILES string of the molecule is CCCn1nc(-c2cccc([N+](=O)[O-])c2)cc(CCl)c1=O. The van der Waals surface area contributed by atoms with E-state index in [9.17, 15) is 14.9 Å². The van der Waals surface area contributed by atoms with Gasteiger partial charge in [0, 0.05) is 29.8 Å². The van der Waals surface area contributed by atoms with Crippen LogP contribution >= 0.6 is 11.6 Å². The number of aromatic nitrogens is 2. The number of nitro groups is 1. The zero-order valence-corrected chi connectivity index (χ0v) is 12.2. The molecule has 110 valence electrons. The molecule has 1 heterocycles. The first-order valence-electron chi connectivity index (χ1n) is 6.48. The molecule has 0 aliphatic heterocycles. The Bertz CT molecular complexity index is 728. The van der Waals surface area contributed by atoms with Gasteiger partial charge in [0.05, 0.1) is 16.5 Å². The van der Waals surface area contributed by atoms with Crippen LogP contribution in [0.15, 0.2) is 35.1 Å². The van der Waals surface area contributed by atoms with Gasteiger partial charge in [-0.3, -0.25) is 14.9 Å². The summed E-state index contributed by atoms with van der Waals surface area (Å²) in [5, 5.41) is 15.1. The quantitative estimate of drug-likeness (QED) is 0.483. The van der Waals surface area contributed by atoms with Crippen LogP contribution < -0.4 is 5.56 Å². The summed E-state index contributed by atoms with van der Waals surface area (Å²) in [4.78, 5) is 22.4. The van der Waals surface area contributed by atoms with Crippen molar-refractivity contribution in [2.45, 2.75) is 25.8 Å². The van der Waals surface area contributed by atoms with E-state index in [1.165, 1.54) is 16.8 Å². The third-order valence-corrected chi connectivity index (χ3v) is 3.27. The Kier molecular flexibility index (Phi) is 4.70. The number of nitrogens with zero attached hydrogens (tertiary/aromatic N) is 3. The fourth-order valence-corrected chi connectivity index (χ4v) is 2.17. The molecule has 2 rings (SSSR count). The van der Waals surface area contributed by atoms with Gasteiger partial charge in [-0.15, -0.1) is 11.6 Å². The molecule has 21 heavy (non-hydrogen) atoms. The molecule has 0 aliphatic carbocycles. The molecular weight excluding hydrogens is 294 g/mol. The third kappa shape index (κ3) is 3.28. The Balaban J connectivity index is 2.58. The number of hydrogen-bond acceptors (Lipinski definition) is 4. The topological polar surface area (TPSA) is 78.0 Å². The van der Waals surface area contributed by atoms with Crippen LogP contribution in [0, 0.1) is 10.1 Å². The fraction of sp³-hybridized carbons (Fsp3) is 0.286. The molecule has 0 saturated carbocycles. The predicted octanol–water partition coefficient (Wildman–Crippen LogP) is 2.97. The smallest absolute Gasteiger partial charge is 0.267 e. The van der Waals surface area contributed by atoms with Gasteiger partial charge in [0.25, 0.3) is 11.2 Å². The zero-order chi connectivity index (χ0) is 15.4. The predicted molar refractivity (Wildman–Crippen MR) is 80.4 cm³/mol. The molecule has 0 atom stereocenters. The Hall–Kier alpha value is -2.21. The van der Waals surface area contributed by atoms with Crippen LogP contribution in [0.2, 0.25) is 0 Å². The largest absolute Gasteiger partial charge is 0.271 e. The van der Waals surface area contributed by atoms with E-state index in [1.807, 2.05) is 6.92 Å². The first-order valence-corrected chi connectivity index (χ1v) is 7.02. The van der Waals surface area contributed by atoms with E-state index in [0.717, 1.165) is 6.42 Å². The maximum Gasteiger partial charge on any atom is 0.271 e. The summed E-state index contributed by atoms with van der Waals surface area (Å²) in [6.45, 7) is 2.42. The minimum absolute atomic E-state index is 0.0186. The van der Waals surface area contributed by atoms with Gasteiger partial charge in [0.2, 0.25) is 0 Å². The van der Waals surface area contributed by atoms with E-state index in [1.54, 1.807) is 18.2 Å². The molecule has 6 nitrogen and oxygen atoms in total. The lowest BCUT2D eigenvalue weighted by molar-refractivity contribution is -0.384. The monoisotopic (exact) mass is 307 g/mol. The molecule has 0 radical (unpaired) electrons. The number of rotatable bonds is 5. The van der Waals surface area contributed by atoms with Crippen molar-refractivity contribution in [1.29, 1.82) is 0 Å². The van der Waals surface area contributed by atoms with E-state index in [2.05, 4.69) is 5.10 Å². The maximum atomic E-state index is 12.1. The number of halogens is 1. The number of aryl methyl sites for hydroxylation is 1. The lowest BCUT2D eigenvalue weighted by atomic mass is 10.1. The van der Waals surface area contributed by atoms with Crippen LogP contribution in [0.4, 0.5) is 5.69 Å². The molecule has 1 aromatic heterocycles. The Morgan fingerprint density at radius 3 is 2.76 bits per heavy atom. The Labute approximate surface area is 126 Å². The minimum atomic E-state index is -0.464. The molecule has 1 aromatic carbocycles. The van der Waals surface area contributed by atoms with Gasteiger partial charge in [-0.1, -0.05) is 19.1 Å². The number of hydrogen-bond donors (Lipinski definition) is 0. The standard InChI is InChI=1S/C14H14ClN3O3/c1-2-6-17-14(19)11(9-15)8-13(16-17)10-4-3-5-12(7-10)18(20)21/h3-5,7-8H,2,6,9H2,1H3. The second-order valence-corrected chi connectivity index (χ2v) is 4.79. The van der Waals surface area contributed by atoms with Crippen molar-refractivity contribution >= 4 is 17.3 Å². The highest BCUT2D eigenvalue weighted by Crippen LogP contribution is 2.22. The second kappa shape index (κ2) is 6.49. The van der Waals surface area contributed by atoms with Crippen molar-refractivity contribution in [2.75, 3.05) is 0 Å². The number of non-ortho nitro benzene ring substituents is 1. The molecular formula is C14H14ClN3O3. The van der Waals surface area contributed by atoms with Gasteiger partial charge in [0.1, 0.15) is 0 Å². The van der Waals surface area contributed by atoms with Crippen LogP contribution in [-0.2, 0) is 12.4 Å². The lowest BCUT2D eigenvalue weighted by Crippen LogP contribution is -2.26. The van der Waals surface area contributed by atoms with Crippen molar-refractivity contribution in [3.05, 3.63) is 56.4 Å². The molecule has 0 aliphatic rings. The number of benzene rings is 1. The van der Waals surface area contributed by atoms with Crippen molar-refractivity contribution < 1.29 is 4.92 Å². The highest BCUT2D eigenvalue weighted by atomic mass is 35.5. The maximum absolute atomic E-state index is 12.1. The highest BCUT2D eigenvalue weighted by molar-refractivity contribution is 6.17. The van der Waals surface area contributed by atoms with Crippen LogP contribution in [-0.4, -0.2) is 14.7 Å². The van der Waals surface area contributed by atoms with Crippen LogP contribution in [0.25, 0.3) is 11.3 Å². The van der Waals surface area contributed by atoms with Crippen LogP contribution in [0.1, 0.15) is 18.9 Å². The second-order valence-electron chi connectivity index (χ2n) is 4.52. The average Bonchev–Trinajstić information content (AvgIpc) is 2.49. The van der Waals surface area contributed by atoms with Crippen LogP contribution in [0.5, 0.6) is 0 Å². The van der Waals surface area contributed by atoms with Crippen molar-refractivity contribution in [1.82, 2.24) is 9.78 Å². The molecule has 0 unspecified atom stereocenters. The Morgan fingerprint density at radius 2 is 2.14 bits per heavy atom. The lowest BCUT2D eigenvalue weighted by Gasteiger charge is -2.08. The fourth-order valence-electron chi connectivity index (χ4n) is 1.98. The van der Waals surface area contributed by atoms with Gasteiger partial charge >= 0.3 is 0 Å². The molecule has 0 fully saturated rings. The van der Waals surface area contributed by atoms with Crippen molar-refractivity contribution in [2.24, 2.45) is 0 Å². The van der Waals surface area contributed by atoms with Gasteiger partial charge in [-0.25, -0.2) is 4.68 Å². The summed E-state index contributed by atoms with van der Waals surface area (Å²) >= 11 is 5.80. The minimum Gasteiger partial charge on any atom is -0.267 e. The van der Waals surface area contributed by atoms with Crippen LogP contribution in [0.3, 0.4) is 0 Å². The van der Waals surface area contributed by atoms with Gasteiger partial charge in [-0.2, -0.15) is 5.10 Å². The summed E-state index contributed by atoms with van der Waals surface area (Å²) in [6, 6.07) is 7.73. The van der Waals surface area contributed by atoms with Gasteiger partial charge in [0.15, 0.2) is 0 Å². The van der Waals surface area contributed by atoms with Crippen molar-refractivity contribution in [3.63, 3.8) is 0 Å². The first-order chi connectivity index (χ1) is 10.1. The molecule has 0 spiro atoms. The van der Waals surface area contributed by atoms with E-state index in [4.69, 9.17) is 11.6 Å². The molecule has 2 aromatic rings. The molecule has 0 saturated heterocycles. The van der Waals surface area contributed by atoms with E-state index < -0.39 is 4.92 Å².